The van der Waals surface area contributed by atoms with E-state index in [1.54, 1.807) is 26.0 Å². The van der Waals surface area contributed by atoms with Crippen molar-refractivity contribution in [1.29, 1.82) is 0 Å². The number of benzene rings is 1. The first-order chi connectivity index (χ1) is 7.26. The van der Waals surface area contributed by atoms with Gasteiger partial charge in [0.05, 0.1) is 19.1 Å². The van der Waals surface area contributed by atoms with Crippen molar-refractivity contribution in [2.75, 3.05) is 27.0 Å². The Morgan fingerprint density at radius 1 is 1.27 bits per heavy atom. The van der Waals surface area contributed by atoms with Crippen molar-refractivity contribution < 1.29 is 9.47 Å². The molecule has 1 rings (SSSR count). The van der Waals surface area contributed by atoms with Crippen molar-refractivity contribution >= 4 is 11.8 Å². The number of ether oxygens (including phenoxy) is 2. The Bertz CT molecular complexity index is 329. The normalized spacial score (nSPS) is 10.1. The summed E-state index contributed by atoms with van der Waals surface area (Å²) >= 11 is 1.64. The molecule has 1 aromatic rings. The zero-order chi connectivity index (χ0) is 11.3. The zero-order valence-electron chi connectivity index (χ0n) is 9.37. The summed E-state index contributed by atoms with van der Waals surface area (Å²) in [6.45, 7) is 0.608. The average molecular weight is 227 g/mol. The summed E-state index contributed by atoms with van der Waals surface area (Å²) in [7, 11) is 3.35. The van der Waals surface area contributed by atoms with Crippen molar-refractivity contribution in [1.82, 2.24) is 0 Å². The molecule has 0 saturated heterocycles. The van der Waals surface area contributed by atoms with Crippen LogP contribution >= 0.6 is 11.8 Å². The molecule has 0 fully saturated rings. The maximum Gasteiger partial charge on any atom is 0.135 e. The van der Waals surface area contributed by atoms with Gasteiger partial charge in [0.1, 0.15) is 11.5 Å². The fraction of sp³-hybridized carbons (Fsp3) is 0.455. The van der Waals surface area contributed by atoms with Crippen molar-refractivity contribution in [3.63, 3.8) is 0 Å². The van der Waals surface area contributed by atoms with Crippen LogP contribution in [0.4, 0.5) is 0 Å². The highest BCUT2D eigenvalue weighted by molar-refractivity contribution is 7.98. The van der Waals surface area contributed by atoms with Gasteiger partial charge in [0.2, 0.25) is 0 Å². The van der Waals surface area contributed by atoms with Crippen LogP contribution in [0.5, 0.6) is 11.5 Å². The first-order valence-corrected chi connectivity index (χ1v) is 5.98. The van der Waals surface area contributed by atoms with Crippen LogP contribution in [0.2, 0.25) is 0 Å². The summed E-state index contributed by atoms with van der Waals surface area (Å²) < 4.78 is 10.6. The molecule has 0 radical (unpaired) electrons. The van der Waals surface area contributed by atoms with Gasteiger partial charge in [-0.05, 0) is 31.4 Å². The molecule has 2 N–H and O–H groups in total. The lowest BCUT2D eigenvalue weighted by Gasteiger charge is -2.13. The second-order valence-corrected chi connectivity index (χ2v) is 3.91. The summed E-state index contributed by atoms with van der Waals surface area (Å²) in [6, 6.07) is 3.95. The Kier molecular flexibility index (Phi) is 4.78. The largest absolute Gasteiger partial charge is 0.497 e. The highest BCUT2D eigenvalue weighted by Gasteiger charge is 2.10. The topological polar surface area (TPSA) is 44.5 Å². The van der Waals surface area contributed by atoms with Crippen LogP contribution in [-0.4, -0.2) is 27.0 Å². The molecule has 0 unspecified atom stereocenters. The van der Waals surface area contributed by atoms with E-state index in [9.17, 15) is 0 Å². The van der Waals surface area contributed by atoms with E-state index in [0.717, 1.165) is 28.4 Å². The molecule has 0 aromatic heterocycles. The molecule has 84 valence electrons. The molecule has 0 heterocycles. The number of nitrogens with two attached hydrogens (primary N) is 1. The minimum Gasteiger partial charge on any atom is -0.497 e. The van der Waals surface area contributed by atoms with Gasteiger partial charge in [0.25, 0.3) is 0 Å². The van der Waals surface area contributed by atoms with E-state index in [0.29, 0.717) is 6.54 Å². The van der Waals surface area contributed by atoms with Crippen LogP contribution in [0.15, 0.2) is 17.0 Å². The summed E-state index contributed by atoms with van der Waals surface area (Å²) in [5, 5.41) is 0. The molecule has 0 atom stereocenters. The predicted octanol–water partition coefficient (Wildman–Crippen LogP) is 1.93. The molecule has 0 amide bonds. The van der Waals surface area contributed by atoms with E-state index in [4.69, 9.17) is 15.2 Å². The van der Waals surface area contributed by atoms with Crippen LogP contribution in [0.25, 0.3) is 0 Å². The fourth-order valence-corrected chi connectivity index (χ4v) is 2.11. The molecule has 0 saturated carbocycles. The lowest BCUT2D eigenvalue weighted by molar-refractivity contribution is 0.389. The van der Waals surface area contributed by atoms with Gasteiger partial charge in [-0.1, -0.05) is 0 Å². The second kappa shape index (κ2) is 5.88. The van der Waals surface area contributed by atoms with Crippen LogP contribution in [-0.2, 0) is 6.42 Å². The number of thioether (sulfide) groups is 1. The third kappa shape index (κ3) is 2.79. The van der Waals surface area contributed by atoms with Crippen molar-refractivity contribution in [2.24, 2.45) is 5.73 Å². The standard InChI is InChI=1S/C11H17NO2S/c1-13-9-6-8(4-5-12)11(14-2)10(7-9)15-3/h6-7H,4-5,12H2,1-3H3. The SMILES string of the molecule is COc1cc(CCN)c(OC)c(SC)c1. The minimum atomic E-state index is 0.608. The van der Waals surface area contributed by atoms with Crippen LogP contribution < -0.4 is 15.2 Å². The highest BCUT2D eigenvalue weighted by Crippen LogP contribution is 2.35. The Balaban J connectivity index is 3.19. The van der Waals surface area contributed by atoms with Gasteiger partial charge in [0, 0.05) is 5.56 Å². The van der Waals surface area contributed by atoms with E-state index in [1.165, 1.54) is 0 Å². The third-order valence-electron chi connectivity index (χ3n) is 2.18. The first kappa shape index (κ1) is 12.2. The first-order valence-electron chi connectivity index (χ1n) is 4.75. The highest BCUT2D eigenvalue weighted by atomic mass is 32.2. The van der Waals surface area contributed by atoms with E-state index >= 15 is 0 Å². The van der Waals surface area contributed by atoms with Crippen LogP contribution in [0, 0.1) is 0 Å². The smallest absolute Gasteiger partial charge is 0.135 e. The molecule has 0 spiro atoms. The van der Waals surface area contributed by atoms with Gasteiger partial charge in [-0.3, -0.25) is 0 Å². The molecule has 0 bridgehead atoms. The number of methoxy groups -OCH3 is 2. The molecule has 0 aliphatic heterocycles. The summed E-state index contributed by atoms with van der Waals surface area (Å²) in [6.07, 6.45) is 2.82. The Hall–Kier alpha value is -0.870. The van der Waals surface area contributed by atoms with Crippen LogP contribution in [0.1, 0.15) is 5.56 Å². The van der Waals surface area contributed by atoms with Gasteiger partial charge >= 0.3 is 0 Å². The predicted molar refractivity (Wildman–Crippen MR) is 64.1 cm³/mol. The van der Waals surface area contributed by atoms with E-state index in [1.807, 2.05) is 18.4 Å². The van der Waals surface area contributed by atoms with Gasteiger partial charge in [-0.25, -0.2) is 0 Å². The number of rotatable bonds is 5. The molecule has 1 aromatic carbocycles. The van der Waals surface area contributed by atoms with Crippen molar-refractivity contribution in [3.05, 3.63) is 17.7 Å². The van der Waals surface area contributed by atoms with Crippen LogP contribution in [0.3, 0.4) is 0 Å². The van der Waals surface area contributed by atoms with Gasteiger partial charge in [-0.2, -0.15) is 0 Å². The molecular formula is C11H17NO2S. The molecule has 0 aliphatic carbocycles. The molecule has 0 aliphatic rings. The van der Waals surface area contributed by atoms with Gasteiger partial charge in [-0.15, -0.1) is 11.8 Å². The summed E-state index contributed by atoms with van der Waals surface area (Å²) in [4.78, 5) is 1.08. The molecule has 4 heteroatoms. The summed E-state index contributed by atoms with van der Waals surface area (Å²) in [5.41, 5.74) is 6.66. The lowest BCUT2D eigenvalue weighted by atomic mass is 10.1. The lowest BCUT2D eigenvalue weighted by Crippen LogP contribution is -2.05. The van der Waals surface area contributed by atoms with Crippen molar-refractivity contribution in [2.45, 2.75) is 11.3 Å². The van der Waals surface area contributed by atoms with Gasteiger partial charge in [0.15, 0.2) is 0 Å². The zero-order valence-corrected chi connectivity index (χ0v) is 10.2. The molecular weight excluding hydrogens is 210 g/mol. The maximum absolute atomic E-state index is 5.56. The Labute approximate surface area is 94.9 Å². The van der Waals surface area contributed by atoms with Gasteiger partial charge < -0.3 is 15.2 Å². The number of hydrogen-bond donors (Lipinski definition) is 1. The minimum absolute atomic E-state index is 0.608. The Morgan fingerprint density at radius 3 is 2.47 bits per heavy atom. The quantitative estimate of drug-likeness (QED) is 0.781. The summed E-state index contributed by atoms with van der Waals surface area (Å²) in [5.74, 6) is 1.76. The monoisotopic (exact) mass is 227 g/mol. The van der Waals surface area contributed by atoms with E-state index in [2.05, 4.69) is 0 Å². The van der Waals surface area contributed by atoms with Crippen molar-refractivity contribution in [3.8, 4) is 11.5 Å². The number of hydrogen-bond acceptors (Lipinski definition) is 4. The Morgan fingerprint density at radius 2 is 2.00 bits per heavy atom. The molecule has 15 heavy (non-hydrogen) atoms. The van der Waals surface area contributed by atoms with E-state index < -0.39 is 0 Å². The second-order valence-electron chi connectivity index (χ2n) is 3.06. The van der Waals surface area contributed by atoms with E-state index in [-0.39, 0.29) is 0 Å². The average Bonchev–Trinajstić information content (AvgIpc) is 2.28. The fourth-order valence-electron chi connectivity index (χ4n) is 1.47. The maximum atomic E-state index is 5.56. The molecule has 3 nitrogen and oxygen atoms in total. The third-order valence-corrected chi connectivity index (χ3v) is 2.92.